The van der Waals surface area contributed by atoms with Gasteiger partial charge in [-0.1, -0.05) is 7.43 Å². The van der Waals surface area contributed by atoms with Crippen LogP contribution < -0.4 is 46.2 Å². The van der Waals surface area contributed by atoms with Gasteiger partial charge in [0.15, 0.2) is 5.11 Å². The third-order valence-corrected chi connectivity index (χ3v) is 8.18. The van der Waals surface area contributed by atoms with Gasteiger partial charge in [-0.3, -0.25) is 9.92 Å². The van der Waals surface area contributed by atoms with Crippen molar-refractivity contribution in [3.8, 4) is 0 Å². The van der Waals surface area contributed by atoms with Crippen molar-refractivity contribution >= 4 is 77.3 Å². The Bertz CT molecular complexity index is 607. The second-order valence-electron chi connectivity index (χ2n) is 10.8. The zero-order valence-electron chi connectivity index (χ0n) is 29.3. The molecule has 286 valence electrons. The maximum atomic E-state index is 7.57. The molecule has 0 aromatic heterocycles. The van der Waals surface area contributed by atoms with Crippen molar-refractivity contribution in [2.24, 2.45) is 16.6 Å². The van der Waals surface area contributed by atoms with Gasteiger partial charge in [-0.05, 0) is 95.8 Å². The van der Waals surface area contributed by atoms with Crippen LogP contribution in [0.1, 0.15) is 33.6 Å². The normalized spacial score (nSPS) is 17.8. The predicted molar refractivity (Wildman–Crippen MR) is 216 cm³/mol. The average Bonchev–Trinajstić information content (AvgIpc) is 2.94. The third-order valence-electron chi connectivity index (χ3n) is 6.87. The molecule has 3 aliphatic heterocycles. The Labute approximate surface area is 342 Å². The molecule has 0 saturated carbocycles. The van der Waals surface area contributed by atoms with Crippen LogP contribution in [0.5, 0.6) is 0 Å². The van der Waals surface area contributed by atoms with Gasteiger partial charge in [0.05, 0.1) is 0 Å². The van der Waals surface area contributed by atoms with Crippen molar-refractivity contribution in [3.63, 3.8) is 0 Å². The number of likely N-dealkylation sites (N-methyl/N-ethyl adjacent to an activating group) is 3. The van der Waals surface area contributed by atoms with Gasteiger partial charge in [0, 0.05) is 96.8 Å². The van der Waals surface area contributed by atoms with Crippen LogP contribution in [0.4, 0.5) is 0 Å². The largest absolute Gasteiger partial charge is 1.00 e. The minimum atomic E-state index is -0.614. The molecule has 3 heterocycles. The second-order valence-corrected chi connectivity index (χ2v) is 13.3. The van der Waals surface area contributed by atoms with Crippen LogP contribution in [0.25, 0.3) is 0 Å². The molecule has 3 rings (SSSR count). The van der Waals surface area contributed by atoms with Gasteiger partial charge in [-0.25, -0.2) is 0 Å². The molecule has 9 N–H and O–H groups in total. The number of nitrogens with one attached hydrogen (secondary N) is 1. The van der Waals surface area contributed by atoms with Gasteiger partial charge >= 0.3 is 29.6 Å². The molecule has 47 heavy (non-hydrogen) atoms. The van der Waals surface area contributed by atoms with E-state index in [-0.39, 0.29) is 79.0 Å². The van der Waals surface area contributed by atoms with E-state index in [1.165, 1.54) is 98.0 Å². The minimum Gasteiger partial charge on any atom is -0.870 e. The molecular formula is C28H72Cl3N10NaO2S3. The van der Waals surface area contributed by atoms with E-state index in [1.807, 2.05) is 0 Å². The van der Waals surface area contributed by atoms with E-state index < -0.39 is 10.9 Å². The van der Waals surface area contributed by atoms with Crippen molar-refractivity contribution in [3.05, 3.63) is 0 Å². The van der Waals surface area contributed by atoms with Crippen molar-refractivity contribution in [2.45, 2.75) is 33.6 Å². The fourth-order valence-electron chi connectivity index (χ4n) is 4.24. The number of hydrogen-bond donors (Lipinski definition) is 6. The van der Waals surface area contributed by atoms with Gasteiger partial charge in [0.1, 0.15) is 0 Å². The summed E-state index contributed by atoms with van der Waals surface area (Å²) in [6, 6.07) is 0. The number of hydrogen-bond acceptors (Lipinski definition) is 11. The molecule has 3 saturated heterocycles. The Morgan fingerprint density at radius 1 is 0.766 bits per heavy atom. The molecular weight excluding hydrogens is 734 g/mol. The van der Waals surface area contributed by atoms with Gasteiger partial charge in [-0.15, -0.1) is 36.4 Å². The summed E-state index contributed by atoms with van der Waals surface area (Å²) in [4.78, 5) is 14.6. The zero-order chi connectivity index (χ0) is 32.2. The molecule has 0 radical (unpaired) electrons. The van der Waals surface area contributed by atoms with E-state index in [4.69, 9.17) is 26.6 Å². The van der Waals surface area contributed by atoms with Crippen molar-refractivity contribution in [2.75, 3.05) is 143 Å². The van der Waals surface area contributed by atoms with Gasteiger partial charge < -0.3 is 51.4 Å². The Balaban J connectivity index is -0.0000000887. The maximum absolute atomic E-state index is 7.57. The molecule has 0 amide bonds. The molecule has 1 unspecified atom stereocenters. The molecule has 0 aromatic rings. The number of halogens is 3. The summed E-state index contributed by atoms with van der Waals surface area (Å²) in [6.07, 6.45) is 3.44. The van der Waals surface area contributed by atoms with Gasteiger partial charge in [-0.2, -0.15) is 12.6 Å². The van der Waals surface area contributed by atoms with Crippen molar-refractivity contribution < 1.29 is 40.1 Å². The van der Waals surface area contributed by atoms with Crippen LogP contribution in [0.3, 0.4) is 0 Å². The van der Waals surface area contributed by atoms with Crippen LogP contribution in [0.15, 0.2) is 0 Å². The molecule has 0 bridgehead atoms. The molecule has 0 aliphatic carbocycles. The smallest absolute Gasteiger partial charge is 0.870 e. The van der Waals surface area contributed by atoms with Crippen LogP contribution in [0.2, 0.25) is 0 Å². The quantitative estimate of drug-likeness (QED) is 0.0676. The molecule has 0 spiro atoms. The van der Waals surface area contributed by atoms with E-state index in [2.05, 4.69) is 86.9 Å². The Morgan fingerprint density at radius 3 is 1.26 bits per heavy atom. The first-order valence-corrected chi connectivity index (χ1v) is 18.2. The number of rotatable bonds is 10. The van der Waals surface area contributed by atoms with Crippen LogP contribution in [-0.2, 0) is 10.9 Å². The van der Waals surface area contributed by atoms with Crippen molar-refractivity contribution in [1.29, 1.82) is 4.78 Å². The number of nitrogens with two attached hydrogens (primary N) is 3. The number of aliphatic hydroxyl groups is 1. The third kappa shape index (κ3) is 47.7. The van der Waals surface area contributed by atoms with E-state index >= 15 is 0 Å². The second kappa shape index (κ2) is 45.7. The monoisotopic (exact) mass is 804 g/mol. The summed E-state index contributed by atoms with van der Waals surface area (Å²) >= 11 is 13.9. The maximum Gasteiger partial charge on any atom is 1.00 e. The van der Waals surface area contributed by atoms with Gasteiger partial charge in [0.2, 0.25) is 0 Å². The molecule has 19 heteroatoms. The van der Waals surface area contributed by atoms with Crippen LogP contribution in [-0.4, -0.2) is 188 Å². The van der Waals surface area contributed by atoms with E-state index in [0.29, 0.717) is 0 Å². The number of thiocarbonyl (C=S) groups is 1. The summed E-state index contributed by atoms with van der Waals surface area (Å²) in [7, 11) is 5.92. The molecule has 12 nitrogen and oxygen atoms in total. The number of alkyl halides is 1. The first-order chi connectivity index (χ1) is 20.0. The van der Waals surface area contributed by atoms with E-state index in [9.17, 15) is 0 Å². The summed E-state index contributed by atoms with van der Waals surface area (Å²) in [6.45, 7) is 19.9. The SMILES string of the molecule is C.CCO.CN1CCN(CCCCl)CC1.CN1CCN(CCCS(=N)N)CC1.CN1CCN(CCCS)CC1.Cl.Cl.NC(N)=S.[Na+].[OH-]. The average molecular weight is 807 g/mol. The molecule has 3 fully saturated rings. The number of piperazine rings is 3. The van der Waals surface area contributed by atoms with Crippen LogP contribution in [0, 0.1) is 4.78 Å². The first-order valence-electron chi connectivity index (χ1n) is 15.2. The first kappa shape index (κ1) is 63.7. The zero-order valence-corrected chi connectivity index (χ0v) is 36.2. The van der Waals surface area contributed by atoms with Gasteiger partial charge in [0.25, 0.3) is 0 Å². The van der Waals surface area contributed by atoms with Crippen molar-refractivity contribution in [1.82, 2.24) is 29.4 Å². The standard InChI is InChI=1S/C8H17ClN2.C8H20N4S.C8H18N2S.C2H6O.CH4N2S.CH4.2ClH.Na.H2O/c1-10-5-7-11(8-6-10)4-2-3-9;1-11-4-6-12(7-5-11)3-2-8-13(9)10;1-9-4-6-10(7-5-9)3-2-8-11;1-2-3;2-1(3)4;;;;;/h2-8H2,1H3;2-8H2,1H3,(H3,9,10);11H,2-8H2,1H3;3H,2H2,1H3;(H4,2,3,4);1H4;2*1H;;1H2/q;;;;;;;;+1;/p-1. The van der Waals surface area contributed by atoms with E-state index in [0.717, 1.165) is 36.8 Å². The Morgan fingerprint density at radius 2 is 1.02 bits per heavy atom. The van der Waals surface area contributed by atoms with E-state index in [1.54, 1.807) is 6.92 Å². The fraction of sp³-hybridized carbons (Fsp3) is 0.964. The molecule has 0 aromatic carbocycles. The molecule has 3 aliphatic rings. The number of nitrogens with zero attached hydrogens (tertiary/aromatic N) is 6. The summed E-state index contributed by atoms with van der Waals surface area (Å²) in [5, 5.41) is 13.0. The predicted octanol–water partition coefficient (Wildman–Crippen LogP) is -1.21. The molecule has 1 atom stereocenters. The minimum absolute atomic E-state index is 0. The number of aliphatic hydroxyl groups excluding tert-OH is 1. The summed E-state index contributed by atoms with van der Waals surface area (Å²) in [5.41, 5.74) is 9.24. The fourth-order valence-corrected chi connectivity index (χ4v) is 4.94. The summed E-state index contributed by atoms with van der Waals surface area (Å²) < 4.78 is 7.21. The summed E-state index contributed by atoms with van der Waals surface area (Å²) in [5.74, 6) is 2.67. The Kier molecular flexibility index (Phi) is 62.0. The number of thiol groups is 1. The van der Waals surface area contributed by atoms with Crippen LogP contribution >= 0.6 is 61.3 Å². The Hall–Kier alpha value is 1.70. The topological polar surface area (TPSA) is 172 Å².